The molecule has 0 heterocycles. The number of carbonyl (C=O) groups excluding carboxylic acids is 2. The molecule has 25 heavy (non-hydrogen) atoms. The molecule has 0 bridgehead atoms. The minimum absolute atomic E-state index is 0.0519. The Kier molecular flexibility index (Phi) is 3.97. The third kappa shape index (κ3) is 2.45. The van der Waals surface area contributed by atoms with Crippen molar-refractivity contribution in [1.29, 1.82) is 0 Å². The fraction of sp³-hybridized carbons (Fsp3) is 0.727. The zero-order chi connectivity index (χ0) is 17.8. The van der Waals surface area contributed by atoms with Gasteiger partial charge in [-0.3, -0.25) is 9.59 Å². The number of hydrogen-bond acceptors (Lipinski definition) is 3. The lowest BCUT2D eigenvalue weighted by molar-refractivity contribution is -0.158. The number of ether oxygens (including phenoxy) is 1. The van der Waals surface area contributed by atoms with Gasteiger partial charge in [-0.2, -0.15) is 0 Å². The van der Waals surface area contributed by atoms with E-state index in [0.29, 0.717) is 24.2 Å². The lowest BCUT2D eigenvalue weighted by Crippen LogP contribution is -2.51. The topological polar surface area (TPSA) is 43.4 Å². The molecule has 3 nitrogen and oxygen atoms in total. The van der Waals surface area contributed by atoms with Gasteiger partial charge < -0.3 is 4.74 Å². The number of rotatable bonds is 2. The fourth-order valence-electron chi connectivity index (χ4n) is 6.59. The highest BCUT2D eigenvalue weighted by molar-refractivity contribution is 6.01. The largest absolute Gasteiger partial charge is 0.462 e. The van der Waals surface area contributed by atoms with Crippen LogP contribution in [-0.4, -0.2) is 17.9 Å². The van der Waals surface area contributed by atoms with Crippen LogP contribution in [0, 0.1) is 28.6 Å². The molecule has 3 saturated carbocycles. The van der Waals surface area contributed by atoms with Crippen molar-refractivity contribution >= 4 is 11.8 Å². The van der Waals surface area contributed by atoms with Gasteiger partial charge in [0.15, 0.2) is 5.78 Å². The summed E-state index contributed by atoms with van der Waals surface area (Å²) >= 11 is 0. The highest BCUT2D eigenvalue weighted by Crippen LogP contribution is 2.64. The van der Waals surface area contributed by atoms with Gasteiger partial charge >= 0.3 is 5.97 Å². The zero-order valence-corrected chi connectivity index (χ0v) is 15.7. The molecule has 3 fully saturated rings. The summed E-state index contributed by atoms with van der Waals surface area (Å²) in [6.45, 7) is 6.58. The molecule has 4 aliphatic rings. The van der Waals surface area contributed by atoms with Crippen LogP contribution in [0.2, 0.25) is 0 Å². The molecule has 0 aromatic heterocycles. The molecule has 0 aromatic rings. The highest BCUT2D eigenvalue weighted by atomic mass is 16.5. The van der Waals surface area contributed by atoms with Gasteiger partial charge in [0.25, 0.3) is 0 Å². The van der Waals surface area contributed by atoms with E-state index in [9.17, 15) is 9.59 Å². The summed E-state index contributed by atoms with van der Waals surface area (Å²) in [5.74, 6) is 2.05. The quantitative estimate of drug-likeness (QED) is 0.688. The Morgan fingerprint density at radius 3 is 2.76 bits per heavy atom. The van der Waals surface area contributed by atoms with Crippen molar-refractivity contribution in [2.75, 3.05) is 0 Å². The molecule has 0 N–H and O–H groups in total. The number of fused-ring (bicyclic) bond motifs is 5. The summed E-state index contributed by atoms with van der Waals surface area (Å²) in [5, 5.41) is 0. The summed E-state index contributed by atoms with van der Waals surface area (Å²) < 4.78 is 5.85. The van der Waals surface area contributed by atoms with Gasteiger partial charge in [-0.05, 0) is 68.4 Å². The maximum atomic E-state index is 11.9. The normalized spacial score (nSPS) is 45.2. The Hall–Kier alpha value is -1.38. The second kappa shape index (κ2) is 5.82. The monoisotopic (exact) mass is 342 g/mol. The van der Waals surface area contributed by atoms with E-state index in [-0.39, 0.29) is 28.7 Å². The molecule has 6 atom stereocenters. The Balaban J connectivity index is 1.60. The van der Waals surface area contributed by atoms with Crippen LogP contribution >= 0.6 is 0 Å². The van der Waals surface area contributed by atoms with E-state index in [1.165, 1.54) is 24.8 Å². The van der Waals surface area contributed by atoms with Gasteiger partial charge in [-0.15, -0.1) is 0 Å². The van der Waals surface area contributed by atoms with Crippen molar-refractivity contribution in [3.63, 3.8) is 0 Å². The Bertz CT molecular complexity index is 660. The van der Waals surface area contributed by atoms with Crippen molar-refractivity contribution in [3.05, 3.63) is 23.8 Å². The third-order valence-corrected chi connectivity index (χ3v) is 8.03. The van der Waals surface area contributed by atoms with Gasteiger partial charge in [0.2, 0.25) is 0 Å². The third-order valence-electron chi connectivity index (χ3n) is 8.03. The van der Waals surface area contributed by atoms with Crippen LogP contribution in [0.25, 0.3) is 0 Å². The van der Waals surface area contributed by atoms with E-state index in [1.807, 2.05) is 13.0 Å². The lowest BCUT2D eigenvalue weighted by Gasteiger charge is -2.56. The molecule has 0 saturated heterocycles. The maximum absolute atomic E-state index is 11.9. The van der Waals surface area contributed by atoms with E-state index in [0.717, 1.165) is 19.3 Å². The number of esters is 1. The van der Waals surface area contributed by atoms with Crippen LogP contribution in [0.5, 0.6) is 0 Å². The summed E-state index contributed by atoms with van der Waals surface area (Å²) in [6.07, 6.45) is 13.1. The summed E-state index contributed by atoms with van der Waals surface area (Å²) in [4.78, 5) is 23.7. The van der Waals surface area contributed by atoms with Gasteiger partial charge in [-0.1, -0.05) is 32.4 Å². The summed E-state index contributed by atoms with van der Waals surface area (Å²) in [7, 11) is 0. The number of hydrogen-bond donors (Lipinski definition) is 0. The molecule has 4 aliphatic carbocycles. The standard InChI is InChI=1S/C22H30O3/c1-4-20(24)25-19-8-7-17-16-6-5-14-13-15(23)9-11-21(14,2)18(16)10-12-22(17,19)3/h9,11,13,16-19H,4-8,10,12H2,1-3H3/t16-,17-,18-,19+,21+,22+/m1/s1. The van der Waals surface area contributed by atoms with E-state index in [4.69, 9.17) is 4.74 Å². The molecule has 3 heteroatoms. The molecule has 0 aromatic carbocycles. The predicted molar refractivity (Wildman–Crippen MR) is 96.8 cm³/mol. The molecule has 0 radical (unpaired) electrons. The highest BCUT2D eigenvalue weighted by Gasteiger charge is 2.59. The molecular weight excluding hydrogens is 312 g/mol. The Morgan fingerprint density at radius 1 is 1.20 bits per heavy atom. The number of ketones is 1. The zero-order valence-electron chi connectivity index (χ0n) is 15.7. The second-order valence-corrected chi connectivity index (χ2v) is 9.06. The molecule has 0 aliphatic heterocycles. The van der Waals surface area contributed by atoms with Crippen molar-refractivity contribution in [2.24, 2.45) is 28.6 Å². The van der Waals surface area contributed by atoms with E-state index < -0.39 is 0 Å². The Morgan fingerprint density at radius 2 is 2.00 bits per heavy atom. The number of carbonyl (C=O) groups is 2. The van der Waals surface area contributed by atoms with Crippen molar-refractivity contribution in [3.8, 4) is 0 Å². The van der Waals surface area contributed by atoms with Crippen LogP contribution < -0.4 is 0 Å². The van der Waals surface area contributed by atoms with E-state index in [1.54, 1.807) is 6.08 Å². The summed E-state index contributed by atoms with van der Waals surface area (Å²) in [5.41, 5.74) is 1.53. The van der Waals surface area contributed by atoms with Gasteiger partial charge in [0.05, 0.1) is 0 Å². The first-order chi connectivity index (χ1) is 11.9. The minimum Gasteiger partial charge on any atom is -0.462 e. The van der Waals surface area contributed by atoms with Crippen LogP contribution in [0.3, 0.4) is 0 Å². The lowest BCUT2D eigenvalue weighted by atomic mass is 9.48. The maximum Gasteiger partial charge on any atom is 0.305 e. The first-order valence-electron chi connectivity index (χ1n) is 10.0. The van der Waals surface area contributed by atoms with Crippen LogP contribution in [-0.2, 0) is 14.3 Å². The van der Waals surface area contributed by atoms with Gasteiger partial charge in [0.1, 0.15) is 6.10 Å². The van der Waals surface area contributed by atoms with E-state index >= 15 is 0 Å². The Labute approximate surface area is 150 Å². The van der Waals surface area contributed by atoms with Crippen molar-refractivity contribution < 1.29 is 14.3 Å². The SMILES string of the molecule is CCC(=O)O[C@H]1CC[C@@H]2[C@H]3CCC4=CC(=O)C=C[C@]4(C)[C@@H]3CC[C@]12C. The van der Waals surface area contributed by atoms with Gasteiger partial charge in [-0.25, -0.2) is 0 Å². The molecule has 0 amide bonds. The fourth-order valence-corrected chi connectivity index (χ4v) is 6.59. The molecule has 4 rings (SSSR count). The van der Waals surface area contributed by atoms with Crippen LogP contribution in [0.1, 0.15) is 65.7 Å². The van der Waals surface area contributed by atoms with Gasteiger partial charge in [0, 0.05) is 17.3 Å². The molecular formula is C22H30O3. The van der Waals surface area contributed by atoms with Crippen LogP contribution in [0.15, 0.2) is 23.8 Å². The number of allylic oxidation sites excluding steroid dienone is 4. The smallest absolute Gasteiger partial charge is 0.305 e. The van der Waals surface area contributed by atoms with E-state index in [2.05, 4.69) is 19.9 Å². The first kappa shape index (κ1) is 17.1. The van der Waals surface area contributed by atoms with Crippen molar-refractivity contribution in [1.82, 2.24) is 0 Å². The summed E-state index contributed by atoms with van der Waals surface area (Å²) in [6, 6.07) is 0. The predicted octanol–water partition coefficient (Wildman–Crippen LogP) is 4.62. The molecule has 0 spiro atoms. The minimum atomic E-state index is -0.0523. The van der Waals surface area contributed by atoms with Crippen LogP contribution in [0.4, 0.5) is 0 Å². The second-order valence-electron chi connectivity index (χ2n) is 9.06. The molecule has 136 valence electrons. The average Bonchev–Trinajstić information content (AvgIpc) is 2.92. The van der Waals surface area contributed by atoms with Crippen molar-refractivity contribution in [2.45, 2.75) is 71.8 Å². The molecule has 0 unspecified atom stereocenters. The first-order valence-corrected chi connectivity index (χ1v) is 10.0. The average molecular weight is 342 g/mol.